The van der Waals surface area contributed by atoms with Crippen molar-refractivity contribution in [2.75, 3.05) is 45.9 Å². The summed E-state index contributed by atoms with van der Waals surface area (Å²) in [6.07, 6.45) is 18.8. The van der Waals surface area contributed by atoms with Gasteiger partial charge < -0.3 is 14.2 Å². The number of ether oxygens (including phenoxy) is 3. The minimum atomic E-state index is -3.40. The number of hydrogen-bond acceptors (Lipinski definition) is 6. The van der Waals surface area contributed by atoms with Crippen LogP contribution in [0.15, 0.2) is 11.6 Å². The van der Waals surface area contributed by atoms with Gasteiger partial charge in [0.05, 0.1) is 52.0 Å². The minimum Gasteiger partial charge on any atom is -0.377 e. The van der Waals surface area contributed by atoms with Gasteiger partial charge in [0.15, 0.2) is 0 Å². The van der Waals surface area contributed by atoms with E-state index in [2.05, 4.69) is 44.9 Å². The molecule has 0 bridgehead atoms. The van der Waals surface area contributed by atoms with Crippen molar-refractivity contribution in [3.8, 4) is 0 Å². The first kappa shape index (κ1) is 33.4. The quantitative estimate of drug-likeness (QED) is 0.105. The fraction of sp³-hybridized carbons (Fsp3) is 0.941. The highest BCUT2D eigenvalue weighted by atomic mass is 32.2. The van der Waals surface area contributed by atoms with E-state index in [0.717, 1.165) is 54.6 Å². The largest absolute Gasteiger partial charge is 0.377 e. The molecule has 7 heteroatoms. The molecule has 238 valence electrons. The van der Waals surface area contributed by atoms with E-state index in [1.807, 2.05) is 0 Å². The lowest BCUT2D eigenvalue weighted by molar-refractivity contribution is -0.0689. The predicted molar refractivity (Wildman–Crippen MR) is 165 cm³/mol. The lowest BCUT2D eigenvalue weighted by atomic mass is 9.47. The molecule has 3 fully saturated rings. The van der Waals surface area contributed by atoms with Crippen LogP contribution < -0.4 is 0 Å². The lowest BCUT2D eigenvalue weighted by Gasteiger charge is -2.58. The van der Waals surface area contributed by atoms with Crippen molar-refractivity contribution in [3.63, 3.8) is 0 Å². The Morgan fingerprint density at radius 2 is 1.59 bits per heavy atom. The third-order valence-electron chi connectivity index (χ3n) is 11.7. The first-order valence-corrected chi connectivity index (χ1v) is 18.6. The van der Waals surface area contributed by atoms with Crippen molar-refractivity contribution >= 4 is 10.1 Å². The van der Waals surface area contributed by atoms with Gasteiger partial charge in [0.25, 0.3) is 10.1 Å². The van der Waals surface area contributed by atoms with Crippen LogP contribution in [-0.2, 0) is 28.5 Å². The summed E-state index contributed by atoms with van der Waals surface area (Å²) in [6.45, 7) is 14.9. The van der Waals surface area contributed by atoms with E-state index in [0.29, 0.717) is 43.4 Å². The van der Waals surface area contributed by atoms with Crippen LogP contribution in [0, 0.1) is 46.3 Å². The Morgan fingerprint density at radius 3 is 2.29 bits per heavy atom. The van der Waals surface area contributed by atoms with Gasteiger partial charge in [-0.05, 0) is 97.7 Å². The highest BCUT2D eigenvalue weighted by molar-refractivity contribution is 7.85. The van der Waals surface area contributed by atoms with Crippen LogP contribution in [0.4, 0.5) is 0 Å². The summed E-state index contributed by atoms with van der Waals surface area (Å²) >= 11 is 0. The van der Waals surface area contributed by atoms with Gasteiger partial charge in [0.1, 0.15) is 0 Å². The molecule has 0 heterocycles. The van der Waals surface area contributed by atoms with Gasteiger partial charge in [-0.1, -0.05) is 65.5 Å². The molecule has 4 aliphatic carbocycles. The SMILES string of the molecule is CC(C)CCC[C@@H](C)[C@H]1CC[C@H]2[C@@H]3CC=C4C[C@H](OCCOCCOCCOS(C)(=O)=O)CC[C@]4(C)[C@H]3CC[C@]12C. The zero-order valence-electron chi connectivity index (χ0n) is 27.0. The van der Waals surface area contributed by atoms with Gasteiger partial charge in [0, 0.05) is 0 Å². The zero-order chi connectivity index (χ0) is 29.7. The number of allylic oxidation sites excluding steroid dienone is 1. The Hall–Kier alpha value is -0.470. The number of hydrogen-bond donors (Lipinski definition) is 0. The molecule has 0 aromatic carbocycles. The van der Waals surface area contributed by atoms with E-state index < -0.39 is 10.1 Å². The molecule has 4 aliphatic rings. The normalized spacial score (nSPS) is 36.0. The molecule has 0 aromatic heterocycles. The molecule has 4 rings (SSSR count). The summed E-state index contributed by atoms with van der Waals surface area (Å²) in [5.74, 6) is 5.26. The van der Waals surface area contributed by atoms with Crippen LogP contribution >= 0.6 is 0 Å². The van der Waals surface area contributed by atoms with Crippen LogP contribution in [0.25, 0.3) is 0 Å². The lowest BCUT2D eigenvalue weighted by Crippen LogP contribution is -2.51. The predicted octanol–water partition coefficient (Wildman–Crippen LogP) is 7.42. The molecule has 0 saturated heterocycles. The molecule has 0 unspecified atom stereocenters. The molecule has 41 heavy (non-hydrogen) atoms. The Bertz CT molecular complexity index is 962. The van der Waals surface area contributed by atoms with Crippen LogP contribution in [0.2, 0.25) is 0 Å². The fourth-order valence-corrected chi connectivity index (χ4v) is 10.0. The molecule has 3 saturated carbocycles. The van der Waals surface area contributed by atoms with Gasteiger partial charge in [-0.15, -0.1) is 0 Å². The van der Waals surface area contributed by atoms with Gasteiger partial charge >= 0.3 is 0 Å². The molecule has 8 atom stereocenters. The monoisotopic (exact) mass is 596 g/mol. The average Bonchev–Trinajstić information content (AvgIpc) is 3.26. The zero-order valence-corrected chi connectivity index (χ0v) is 27.8. The Kier molecular flexibility index (Phi) is 11.9. The van der Waals surface area contributed by atoms with Crippen molar-refractivity contribution in [1.82, 2.24) is 0 Å². The molecule has 0 N–H and O–H groups in total. The summed E-state index contributed by atoms with van der Waals surface area (Å²) in [4.78, 5) is 0. The van der Waals surface area contributed by atoms with E-state index in [9.17, 15) is 8.42 Å². The fourth-order valence-electron chi connectivity index (χ4n) is 9.63. The third kappa shape index (κ3) is 8.38. The second kappa shape index (κ2) is 14.5. The van der Waals surface area contributed by atoms with Crippen molar-refractivity contribution in [2.24, 2.45) is 46.3 Å². The van der Waals surface area contributed by atoms with E-state index in [1.54, 1.807) is 5.57 Å². The van der Waals surface area contributed by atoms with Gasteiger partial charge in [-0.25, -0.2) is 0 Å². The maximum absolute atomic E-state index is 10.9. The summed E-state index contributed by atoms with van der Waals surface area (Å²) in [5.41, 5.74) is 2.59. The first-order chi connectivity index (χ1) is 19.4. The van der Waals surface area contributed by atoms with E-state index >= 15 is 0 Å². The van der Waals surface area contributed by atoms with Crippen molar-refractivity contribution < 1.29 is 26.8 Å². The molecule has 0 radical (unpaired) electrons. The van der Waals surface area contributed by atoms with Crippen LogP contribution in [0.1, 0.15) is 105 Å². The van der Waals surface area contributed by atoms with E-state index in [-0.39, 0.29) is 13.2 Å². The minimum absolute atomic E-state index is 0.0399. The number of fused-ring (bicyclic) bond motifs is 5. The highest BCUT2D eigenvalue weighted by Gasteiger charge is 2.59. The standard InChI is InChI=1S/C34H60O6S/c1-25(2)8-7-9-26(3)30-12-13-31-29-11-10-27-24-28(14-16-33(27,4)32(29)15-17-34(30,31)5)39-22-20-37-18-19-38-21-23-40-41(6,35)36/h10,25-26,28-32H,7-9,11-24H2,1-6H3/t26-,28-,29+,30-,31+,32+,33+,34-/m1/s1. The van der Waals surface area contributed by atoms with Crippen LogP contribution in [0.5, 0.6) is 0 Å². The summed E-state index contributed by atoms with van der Waals surface area (Å²) in [6, 6.07) is 0. The molecule has 0 aromatic rings. The van der Waals surface area contributed by atoms with E-state index in [4.69, 9.17) is 14.2 Å². The molecule has 0 aliphatic heterocycles. The second-order valence-electron chi connectivity index (χ2n) is 14.8. The Balaban J connectivity index is 1.20. The highest BCUT2D eigenvalue weighted by Crippen LogP contribution is 2.67. The van der Waals surface area contributed by atoms with Crippen molar-refractivity contribution in [3.05, 3.63) is 11.6 Å². The van der Waals surface area contributed by atoms with Crippen molar-refractivity contribution in [1.29, 1.82) is 0 Å². The molecular weight excluding hydrogens is 536 g/mol. The summed E-state index contributed by atoms with van der Waals surface area (Å²) in [7, 11) is -3.40. The third-order valence-corrected chi connectivity index (χ3v) is 12.3. The summed E-state index contributed by atoms with van der Waals surface area (Å²) < 4.78 is 43.8. The van der Waals surface area contributed by atoms with Gasteiger partial charge in [-0.3, -0.25) is 4.18 Å². The molecular formula is C34H60O6S. The first-order valence-electron chi connectivity index (χ1n) is 16.7. The number of rotatable bonds is 16. The van der Waals surface area contributed by atoms with Gasteiger partial charge in [-0.2, -0.15) is 8.42 Å². The molecule has 0 amide bonds. The smallest absolute Gasteiger partial charge is 0.264 e. The van der Waals surface area contributed by atoms with Crippen LogP contribution in [0.3, 0.4) is 0 Å². The Morgan fingerprint density at radius 1 is 0.878 bits per heavy atom. The molecule has 6 nitrogen and oxygen atoms in total. The summed E-state index contributed by atoms with van der Waals surface area (Å²) in [5, 5.41) is 0. The van der Waals surface area contributed by atoms with Gasteiger partial charge in [0.2, 0.25) is 0 Å². The Labute approximate surface area is 251 Å². The van der Waals surface area contributed by atoms with E-state index in [1.165, 1.54) is 57.8 Å². The van der Waals surface area contributed by atoms with Crippen molar-refractivity contribution in [2.45, 2.75) is 111 Å². The maximum Gasteiger partial charge on any atom is 0.264 e. The topological polar surface area (TPSA) is 71.1 Å². The average molecular weight is 597 g/mol. The maximum atomic E-state index is 10.9. The molecule has 0 spiro atoms. The van der Waals surface area contributed by atoms with Crippen LogP contribution in [-0.4, -0.2) is 60.4 Å². The second-order valence-corrected chi connectivity index (χ2v) is 16.4.